The number of benzene rings is 2. The van der Waals surface area contributed by atoms with Gasteiger partial charge in [0.1, 0.15) is 11.1 Å². The van der Waals surface area contributed by atoms with Crippen molar-refractivity contribution in [2.24, 2.45) is 11.8 Å². The molecule has 174 valence electrons. The molecule has 33 heavy (non-hydrogen) atoms. The average Bonchev–Trinajstić information content (AvgIpc) is 3.51. The molecule has 4 heterocycles. The molecule has 3 fully saturated rings. The Kier molecular flexibility index (Phi) is 5.87. The third-order valence-corrected chi connectivity index (χ3v) is 8.82. The van der Waals surface area contributed by atoms with Crippen molar-refractivity contribution >= 4 is 27.2 Å². The summed E-state index contributed by atoms with van der Waals surface area (Å²) in [5.74, 6) is 1.60. The topological polar surface area (TPSA) is 31.8 Å². The predicted octanol–water partition coefficient (Wildman–Crippen LogP) is 4.49. The van der Waals surface area contributed by atoms with Crippen LogP contribution in [0, 0.1) is 11.8 Å². The molecule has 1 aromatic heterocycles. The van der Waals surface area contributed by atoms with E-state index in [4.69, 9.17) is 9.72 Å². The number of hydrogen-bond acceptors (Lipinski definition) is 6. The zero-order valence-electron chi connectivity index (χ0n) is 19.7. The second-order valence-corrected chi connectivity index (χ2v) is 11.3. The van der Waals surface area contributed by atoms with E-state index >= 15 is 0 Å². The molecule has 3 atom stereocenters. The van der Waals surface area contributed by atoms with Crippen LogP contribution in [0.5, 0.6) is 0 Å². The van der Waals surface area contributed by atoms with Gasteiger partial charge in [0.05, 0.1) is 16.3 Å². The molecule has 6 heteroatoms. The average molecular weight is 463 g/mol. The van der Waals surface area contributed by atoms with E-state index in [1.807, 2.05) is 0 Å². The van der Waals surface area contributed by atoms with Crippen molar-refractivity contribution in [3.05, 3.63) is 59.1 Å². The molecule has 0 saturated carbocycles. The van der Waals surface area contributed by atoms with Crippen LogP contribution < -0.4 is 4.90 Å². The second kappa shape index (κ2) is 8.99. The Bertz CT molecular complexity index is 1060. The molecule has 2 aromatic carbocycles. The summed E-state index contributed by atoms with van der Waals surface area (Å²) in [5.41, 5.74) is 3.64. The number of nitrogens with zero attached hydrogens (tertiary/aromatic N) is 4. The van der Waals surface area contributed by atoms with Gasteiger partial charge in [0.15, 0.2) is 0 Å². The number of likely N-dealkylation sites (tertiary alicyclic amines) is 2. The maximum atomic E-state index is 6.84. The number of aromatic nitrogens is 1. The van der Waals surface area contributed by atoms with Crippen molar-refractivity contribution < 1.29 is 4.74 Å². The van der Waals surface area contributed by atoms with Crippen molar-refractivity contribution in [3.8, 4) is 0 Å². The first-order valence-electron chi connectivity index (χ1n) is 12.4. The van der Waals surface area contributed by atoms with Crippen LogP contribution in [0.2, 0.25) is 0 Å². The van der Waals surface area contributed by atoms with Crippen LogP contribution in [0.4, 0.5) is 5.69 Å². The summed E-state index contributed by atoms with van der Waals surface area (Å²) in [5, 5.41) is 1.08. The summed E-state index contributed by atoms with van der Waals surface area (Å²) in [6, 6.07) is 17.5. The molecule has 3 aliphatic heterocycles. The van der Waals surface area contributed by atoms with E-state index in [0.717, 1.165) is 48.3 Å². The minimum Gasteiger partial charge on any atom is -0.371 e. The molecule has 0 bridgehead atoms. The number of piperidine rings is 1. The lowest BCUT2D eigenvalue weighted by atomic mass is 10.0. The minimum atomic E-state index is -0.107. The Morgan fingerprint density at radius 2 is 1.67 bits per heavy atom. The summed E-state index contributed by atoms with van der Waals surface area (Å²) in [4.78, 5) is 12.5. The number of rotatable bonds is 5. The lowest BCUT2D eigenvalue weighted by Gasteiger charge is -2.32. The predicted molar refractivity (Wildman–Crippen MR) is 136 cm³/mol. The van der Waals surface area contributed by atoms with Crippen molar-refractivity contribution in [2.75, 3.05) is 58.3 Å². The van der Waals surface area contributed by atoms with E-state index in [0.29, 0.717) is 0 Å². The molecule has 5 nitrogen and oxygen atoms in total. The van der Waals surface area contributed by atoms with Crippen molar-refractivity contribution in [3.63, 3.8) is 0 Å². The summed E-state index contributed by atoms with van der Waals surface area (Å²) in [6.45, 7) is 6.99. The van der Waals surface area contributed by atoms with E-state index in [1.165, 1.54) is 42.1 Å². The Labute approximate surface area is 201 Å². The number of thiazole rings is 1. The maximum absolute atomic E-state index is 6.84. The van der Waals surface area contributed by atoms with Gasteiger partial charge in [-0.1, -0.05) is 24.3 Å². The van der Waals surface area contributed by atoms with E-state index < -0.39 is 0 Å². The van der Waals surface area contributed by atoms with Crippen molar-refractivity contribution in [2.45, 2.75) is 25.0 Å². The molecular weight excluding hydrogens is 428 g/mol. The fourth-order valence-corrected chi connectivity index (χ4v) is 6.95. The molecule has 3 aliphatic rings. The van der Waals surface area contributed by atoms with Crippen LogP contribution in [-0.2, 0) is 4.74 Å². The van der Waals surface area contributed by atoms with Crippen LogP contribution >= 0.6 is 11.3 Å². The summed E-state index contributed by atoms with van der Waals surface area (Å²) >= 11 is 1.78. The fraction of sp³-hybridized carbons (Fsp3) is 0.519. The van der Waals surface area contributed by atoms with Crippen molar-refractivity contribution in [1.29, 1.82) is 0 Å². The van der Waals surface area contributed by atoms with Crippen LogP contribution in [0.25, 0.3) is 10.2 Å². The number of para-hydroxylation sites is 1. The van der Waals surface area contributed by atoms with Gasteiger partial charge in [0, 0.05) is 45.0 Å². The third-order valence-electron chi connectivity index (χ3n) is 7.74. The monoisotopic (exact) mass is 462 g/mol. The summed E-state index contributed by atoms with van der Waals surface area (Å²) in [7, 11) is 4.46. The van der Waals surface area contributed by atoms with E-state index in [2.05, 4.69) is 77.3 Å². The quantitative estimate of drug-likeness (QED) is 0.558. The molecular formula is C27H34N4OS. The molecule has 0 radical (unpaired) electrons. The Morgan fingerprint density at radius 1 is 0.909 bits per heavy atom. The van der Waals surface area contributed by atoms with Gasteiger partial charge < -0.3 is 19.4 Å². The van der Waals surface area contributed by atoms with Crippen LogP contribution in [0.3, 0.4) is 0 Å². The standard InChI is InChI=1S/C27H34N4OS/c1-29-12-10-23(11-13-29)32-26(27-28-24-8-3-4-9-25(24)33-27)19-6-5-7-22(14-19)31-17-20-15-30(2)16-21(20)18-31/h3-9,14,20-21,23,26H,10-13,15-18H2,1-2H3. The van der Waals surface area contributed by atoms with Gasteiger partial charge in [0.2, 0.25) is 0 Å². The summed E-state index contributed by atoms with van der Waals surface area (Å²) < 4.78 is 8.08. The molecule has 0 aliphatic carbocycles. The Morgan fingerprint density at radius 3 is 2.42 bits per heavy atom. The van der Waals surface area contributed by atoms with Gasteiger partial charge in [-0.05, 0) is 68.6 Å². The van der Waals surface area contributed by atoms with Gasteiger partial charge in [-0.3, -0.25) is 0 Å². The van der Waals surface area contributed by atoms with Gasteiger partial charge in [-0.2, -0.15) is 0 Å². The van der Waals surface area contributed by atoms with Gasteiger partial charge in [-0.15, -0.1) is 11.3 Å². The van der Waals surface area contributed by atoms with Crippen LogP contribution in [0.15, 0.2) is 48.5 Å². The molecule has 0 amide bonds. The van der Waals surface area contributed by atoms with E-state index in [1.54, 1.807) is 11.3 Å². The lowest BCUT2D eigenvalue weighted by molar-refractivity contribution is -0.0234. The minimum absolute atomic E-state index is 0.107. The molecule has 6 rings (SSSR count). The summed E-state index contributed by atoms with van der Waals surface area (Å²) in [6.07, 6.45) is 2.34. The van der Waals surface area contributed by atoms with Crippen LogP contribution in [-0.4, -0.2) is 74.3 Å². The first-order valence-corrected chi connectivity index (χ1v) is 13.2. The first kappa shape index (κ1) is 21.5. The Balaban J connectivity index is 1.29. The second-order valence-electron chi connectivity index (χ2n) is 10.3. The smallest absolute Gasteiger partial charge is 0.134 e. The molecule has 3 unspecified atom stereocenters. The van der Waals surface area contributed by atoms with E-state index in [-0.39, 0.29) is 12.2 Å². The van der Waals surface area contributed by atoms with Crippen molar-refractivity contribution in [1.82, 2.24) is 14.8 Å². The zero-order chi connectivity index (χ0) is 22.4. The Hall–Kier alpha value is -1.99. The number of fused-ring (bicyclic) bond motifs is 2. The lowest BCUT2D eigenvalue weighted by Crippen LogP contribution is -2.35. The highest BCUT2D eigenvalue weighted by atomic mass is 32.1. The van der Waals surface area contributed by atoms with Gasteiger partial charge in [0.25, 0.3) is 0 Å². The zero-order valence-corrected chi connectivity index (χ0v) is 20.5. The normalized spacial score (nSPS) is 25.7. The maximum Gasteiger partial charge on any atom is 0.134 e. The highest BCUT2D eigenvalue weighted by molar-refractivity contribution is 7.18. The molecule has 0 spiro atoms. The first-order chi connectivity index (χ1) is 16.1. The number of anilines is 1. The SMILES string of the molecule is CN1CCC(OC(c2cccc(N3CC4CN(C)CC4C3)c2)c2nc3ccccc3s2)CC1. The van der Waals surface area contributed by atoms with E-state index in [9.17, 15) is 0 Å². The fourth-order valence-electron chi connectivity index (χ4n) is 5.92. The molecule has 0 N–H and O–H groups in total. The highest BCUT2D eigenvalue weighted by Gasteiger charge is 2.39. The van der Waals surface area contributed by atoms with Gasteiger partial charge >= 0.3 is 0 Å². The number of hydrogen-bond donors (Lipinski definition) is 0. The number of ether oxygens (including phenoxy) is 1. The molecule has 3 saturated heterocycles. The molecule has 3 aromatic rings. The van der Waals surface area contributed by atoms with Gasteiger partial charge in [-0.25, -0.2) is 4.98 Å². The van der Waals surface area contributed by atoms with Crippen LogP contribution in [0.1, 0.15) is 29.5 Å². The third kappa shape index (κ3) is 4.42. The largest absolute Gasteiger partial charge is 0.371 e. The highest BCUT2D eigenvalue weighted by Crippen LogP contribution is 2.38.